The maximum absolute atomic E-state index is 5.01. The lowest BCUT2D eigenvalue weighted by Crippen LogP contribution is -2.15. The molecule has 4 aromatic heterocycles. The maximum Gasteiger partial charge on any atom is 0.242 e. The molecule has 0 unspecified atom stereocenters. The number of imidazole rings is 3. The minimum Gasteiger partial charge on any atom is -0.264 e. The molecular weight excluding hydrogens is 486 g/mol. The Bertz CT molecular complexity index is 1840. The third kappa shape index (κ3) is 3.61. The summed E-state index contributed by atoms with van der Waals surface area (Å²) in [5.74, 6) is 3.85. The molecule has 0 bridgehead atoms. The van der Waals surface area contributed by atoms with Crippen molar-refractivity contribution in [2.45, 2.75) is 41.5 Å². The molecule has 0 aliphatic carbocycles. The molecule has 0 spiro atoms. The minimum atomic E-state index is 0.487. The van der Waals surface area contributed by atoms with Gasteiger partial charge < -0.3 is 0 Å². The van der Waals surface area contributed by atoms with Gasteiger partial charge in [-0.25, -0.2) is 15.0 Å². The highest BCUT2D eigenvalue weighted by molar-refractivity contribution is 5.81. The number of hydrogen-bond donors (Lipinski definition) is 0. The molecule has 0 amide bonds. The van der Waals surface area contributed by atoms with Gasteiger partial charge in [-0.15, -0.1) is 0 Å². The number of aromatic nitrogens is 9. The molecule has 7 rings (SSSR count). The highest BCUT2D eigenvalue weighted by Crippen LogP contribution is 2.26. The Labute approximate surface area is 224 Å². The molecule has 9 heteroatoms. The Morgan fingerprint density at radius 2 is 0.667 bits per heavy atom. The molecule has 0 saturated carbocycles. The van der Waals surface area contributed by atoms with Crippen molar-refractivity contribution in [1.82, 2.24) is 43.6 Å². The molecule has 0 aliphatic rings. The highest BCUT2D eigenvalue weighted by Gasteiger charge is 2.21. The van der Waals surface area contributed by atoms with Crippen LogP contribution >= 0.6 is 0 Å². The fourth-order valence-corrected chi connectivity index (χ4v) is 5.33. The predicted octanol–water partition coefficient (Wildman–Crippen LogP) is 5.74. The van der Waals surface area contributed by atoms with E-state index in [4.69, 9.17) is 29.9 Å². The van der Waals surface area contributed by atoms with Gasteiger partial charge in [-0.3, -0.25) is 13.7 Å². The van der Waals surface area contributed by atoms with Crippen LogP contribution in [0.15, 0.2) is 54.6 Å². The van der Waals surface area contributed by atoms with Gasteiger partial charge in [0.25, 0.3) is 0 Å². The van der Waals surface area contributed by atoms with Gasteiger partial charge in [0.1, 0.15) is 17.5 Å². The quantitative estimate of drug-likeness (QED) is 0.299. The zero-order valence-electron chi connectivity index (χ0n) is 22.7. The van der Waals surface area contributed by atoms with Crippen molar-refractivity contribution in [2.75, 3.05) is 0 Å². The molecule has 3 aromatic carbocycles. The van der Waals surface area contributed by atoms with Crippen molar-refractivity contribution in [3.8, 4) is 17.8 Å². The summed E-state index contributed by atoms with van der Waals surface area (Å²) in [6, 6.07) is 18.7. The lowest BCUT2D eigenvalue weighted by atomic mass is 10.2. The summed E-state index contributed by atoms with van der Waals surface area (Å²) in [7, 11) is 0. The first kappa shape index (κ1) is 23.2. The molecule has 0 fully saturated rings. The normalized spacial score (nSPS) is 11.8. The lowest BCUT2D eigenvalue weighted by Gasteiger charge is -2.13. The van der Waals surface area contributed by atoms with Gasteiger partial charge in [0.15, 0.2) is 0 Å². The van der Waals surface area contributed by atoms with E-state index in [0.717, 1.165) is 67.3 Å². The number of aryl methyl sites for hydroxylation is 6. The Hall–Kier alpha value is -4.92. The molecule has 4 heterocycles. The van der Waals surface area contributed by atoms with E-state index in [9.17, 15) is 0 Å². The van der Waals surface area contributed by atoms with E-state index in [2.05, 4.69) is 75.4 Å². The first-order chi connectivity index (χ1) is 18.8. The van der Waals surface area contributed by atoms with Gasteiger partial charge in [0.05, 0.1) is 33.1 Å². The van der Waals surface area contributed by atoms with Crippen LogP contribution in [0.2, 0.25) is 0 Å². The van der Waals surface area contributed by atoms with Gasteiger partial charge in [0.2, 0.25) is 17.8 Å². The topological polar surface area (TPSA) is 92.1 Å². The second-order valence-electron chi connectivity index (χ2n) is 10.2. The van der Waals surface area contributed by atoms with E-state index in [-0.39, 0.29) is 0 Å². The number of benzene rings is 3. The van der Waals surface area contributed by atoms with Gasteiger partial charge in [-0.2, -0.15) is 15.0 Å². The SMILES string of the molecule is Cc1ccc2c(c1)nc(C)n2-c1nc(-n2c(C)nc3cc(C)ccc32)nc(-n2c(C)nc3cc(C)ccc32)n1. The monoisotopic (exact) mass is 513 g/mol. The molecular formula is C30H27N9. The standard InChI is InChI=1S/C30H27N9/c1-16-7-10-25-22(13-16)31-19(4)37(25)28-34-29(38-20(5)32-23-14-17(2)8-11-26(23)38)36-30(35-28)39-21(6)33-24-15-18(3)9-12-27(24)39/h7-15H,1-6H3. The van der Waals surface area contributed by atoms with Crippen molar-refractivity contribution in [3.05, 3.63) is 88.8 Å². The zero-order chi connectivity index (χ0) is 27.0. The van der Waals surface area contributed by atoms with E-state index >= 15 is 0 Å². The van der Waals surface area contributed by atoms with E-state index < -0.39 is 0 Å². The van der Waals surface area contributed by atoms with Crippen LogP contribution in [0.5, 0.6) is 0 Å². The van der Waals surface area contributed by atoms with Crippen LogP contribution in [-0.2, 0) is 0 Å². The molecule has 192 valence electrons. The Morgan fingerprint density at radius 3 is 0.949 bits per heavy atom. The number of nitrogens with zero attached hydrogens (tertiary/aromatic N) is 9. The molecule has 0 aliphatic heterocycles. The molecule has 0 N–H and O–H groups in total. The van der Waals surface area contributed by atoms with Gasteiger partial charge in [-0.05, 0) is 94.6 Å². The van der Waals surface area contributed by atoms with E-state index in [1.165, 1.54) is 0 Å². The largest absolute Gasteiger partial charge is 0.264 e. The molecule has 39 heavy (non-hydrogen) atoms. The molecule has 0 saturated heterocycles. The third-order valence-electron chi connectivity index (χ3n) is 7.13. The number of fused-ring (bicyclic) bond motifs is 3. The molecule has 0 atom stereocenters. The van der Waals surface area contributed by atoms with Gasteiger partial charge in [0, 0.05) is 0 Å². The van der Waals surface area contributed by atoms with Crippen LogP contribution in [-0.4, -0.2) is 43.6 Å². The fourth-order valence-electron chi connectivity index (χ4n) is 5.33. The average Bonchev–Trinajstić information content (AvgIpc) is 3.50. The average molecular weight is 514 g/mol. The second-order valence-corrected chi connectivity index (χ2v) is 10.2. The predicted molar refractivity (Wildman–Crippen MR) is 152 cm³/mol. The Balaban J connectivity index is 1.56. The summed E-state index contributed by atoms with van der Waals surface area (Å²) < 4.78 is 5.96. The van der Waals surface area contributed by atoms with Crippen LogP contribution in [0.3, 0.4) is 0 Å². The van der Waals surface area contributed by atoms with E-state index in [0.29, 0.717) is 17.8 Å². The van der Waals surface area contributed by atoms with Crippen LogP contribution in [0.25, 0.3) is 50.9 Å². The van der Waals surface area contributed by atoms with Crippen molar-refractivity contribution in [1.29, 1.82) is 0 Å². The van der Waals surface area contributed by atoms with Crippen LogP contribution in [0.1, 0.15) is 34.2 Å². The maximum atomic E-state index is 5.01. The Kier molecular flexibility index (Phi) is 4.94. The van der Waals surface area contributed by atoms with Crippen molar-refractivity contribution in [2.24, 2.45) is 0 Å². The first-order valence-electron chi connectivity index (χ1n) is 12.9. The van der Waals surface area contributed by atoms with Crippen LogP contribution < -0.4 is 0 Å². The minimum absolute atomic E-state index is 0.487. The summed E-state index contributed by atoms with van der Waals surface area (Å²) in [4.78, 5) is 29.5. The fraction of sp³-hybridized carbons (Fsp3) is 0.200. The van der Waals surface area contributed by atoms with Gasteiger partial charge in [-0.1, -0.05) is 18.2 Å². The lowest BCUT2D eigenvalue weighted by molar-refractivity contribution is 0.788. The molecule has 9 nitrogen and oxygen atoms in total. The molecule has 7 aromatic rings. The number of hydrogen-bond acceptors (Lipinski definition) is 6. The summed E-state index contributed by atoms with van der Waals surface area (Å²) >= 11 is 0. The smallest absolute Gasteiger partial charge is 0.242 e. The second kappa shape index (κ2) is 8.29. The van der Waals surface area contributed by atoms with Gasteiger partial charge >= 0.3 is 0 Å². The van der Waals surface area contributed by atoms with Crippen molar-refractivity contribution < 1.29 is 0 Å². The summed E-state index contributed by atoms with van der Waals surface area (Å²) in [6.45, 7) is 12.1. The summed E-state index contributed by atoms with van der Waals surface area (Å²) in [5.41, 5.74) is 8.95. The molecule has 0 radical (unpaired) electrons. The van der Waals surface area contributed by atoms with Crippen LogP contribution in [0, 0.1) is 41.5 Å². The highest BCUT2D eigenvalue weighted by atomic mass is 15.3. The zero-order valence-corrected chi connectivity index (χ0v) is 22.7. The summed E-state index contributed by atoms with van der Waals surface area (Å²) in [6.07, 6.45) is 0. The summed E-state index contributed by atoms with van der Waals surface area (Å²) in [5, 5.41) is 0. The van der Waals surface area contributed by atoms with E-state index in [1.54, 1.807) is 0 Å². The van der Waals surface area contributed by atoms with Crippen molar-refractivity contribution >= 4 is 33.1 Å². The van der Waals surface area contributed by atoms with Crippen molar-refractivity contribution in [3.63, 3.8) is 0 Å². The third-order valence-corrected chi connectivity index (χ3v) is 7.13. The van der Waals surface area contributed by atoms with Crippen LogP contribution in [0.4, 0.5) is 0 Å². The first-order valence-corrected chi connectivity index (χ1v) is 12.9. The Morgan fingerprint density at radius 1 is 0.385 bits per heavy atom. The number of rotatable bonds is 3. The van der Waals surface area contributed by atoms with E-state index in [1.807, 2.05) is 34.5 Å².